The Labute approximate surface area is 134 Å². The van der Waals surface area contributed by atoms with Crippen molar-refractivity contribution in [1.29, 1.82) is 0 Å². The summed E-state index contributed by atoms with van der Waals surface area (Å²) in [6, 6.07) is 9.26. The van der Waals surface area contributed by atoms with Gasteiger partial charge in [0.2, 0.25) is 0 Å². The van der Waals surface area contributed by atoms with Crippen LogP contribution in [-0.4, -0.2) is 31.1 Å². The van der Waals surface area contributed by atoms with Crippen molar-refractivity contribution in [1.82, 2.24) is 13.9 Å². The van der Waals surface area contributed by atoms with Crippen molar-refractivity contribution in [2.24, 2.45) is 0 Å². The van der Waals surface area contributed by atoms with Crippen LogP contribution in [0.4, 0.5) is 8.78 Å². The molecule has 1 aromatic carbocycles. The van der Waals surface area contributed by atoms with Crippen molar-refractivity contribution < 1.29 is 13.9 Å². The number of alkyl halides is 2. The van der Waals surface area contributed by atoms with Gasteiger partial charge in [-0.05, 0) is 18.5 Å². The summed E-state index contributed by atoms with van der Waals surface area (Å²) < 4.78 is 31.1. The molecule has 3 rings (SSSR count). The molecular weight excluding hydrogens is 324 g/mol. The number of fused-ring (bicyclic) bond motifs is 1. The van der Waals surface area contributed by atoms with Gasteiger partial charge in [0.15, 0.2) is 0 Å². The normalized spacial score (nSPS) is 14.3. The van der Waals surface area contributed by atoms with Gasteiger partial charge in [0, 0.05) is 5.56 Å². The van der Waals surface area contributed by atoms with Crippen LogP contribution >= 0.6 is 11.5 Å². The zero-order valence-electron chi connectivity index (χ0n) is 12.1. The summed E-state index contributed by atoms with van der Waals surface area (Å²) >= 11 is 0.969. The van der Waals surface area contributed by atoms with Gasteiger partial charge in [0.1, 0.15) is 21.5 Å². The first-order valence-corrected chi connectivity index (χ1v) is 7.58. The van der Waals surface area contributed by atoms with E-state index >= 15 is 0 Å². The molecule has 2 heterocycles. The number of aliphatic hydroxyl groups is 1. The molecular formula is C15H13F2N3O2S. The van der Waals surface area contributed by atoms with Gasteiger partial charge in [-0.15, -0.1) is 0 Å². The van der Waals surface area contributed by atoms with Gasteiger partial charge in [-0.2, -0.15) is 4.37 Å². The van der Waals surface area contributed by atoms with E-state index in [1.54, 1.807) is 0 Å². The van der Waals surface area contributed by atoms with Gasteiger partial charge in [0.25, 0.3) is 12.0 Å². The van der Waals surface area contributed by atoms with Gasteiger partial charge < -0.3 is 5.11 Å². The van der Waals surface area contributed by atoms with Crippen LogP contribution in [0.3, 0.4) is 0 Å². The first-order valence-electron chi connectivity index (χ1n) is 6.81. The topological polar surface area (TPSA) is 68.0 Å². The molecule has 0 aliphatic rings. The number of rotatable bonds is 4. The zero-order valence-corrected chi connectivity index (χ0v) is 12.9. The zero-order chi connectivity index (χ0) is 16.6. The number of hydrogen-bond donors (Lipinski definition) is 1. The van der Waals surface area contributed by atoms with Crippen molar-refractivity contribution in [3.05, 3.63) is 47.0 Å². The molecule has 5 nitrogen and oxygen atoms in total. The predicted octanol–water partition coefficient (Wildman–Crippen LogP) is 2.54. The summed E-state index contributed by atoms with van der Waals surface area (Å²) in [6.07, 6.45) is -1.80. The van der Waals surface area contributed by atoms with Crippen molar-refractivity contribution in [3.8, 4) is 11.3 Å². The average molecular weight is 337 g/mol. The van der Waals surface area contributed by atoms with E-state index < -0.39 is 24.1 Å². The minimum Gasteiger partial charge on any atom is -0.382 e. The minimum atomic E-state index is -2.97. The molecule has 1 atom stereocenters. The Hall–Kier alpha value is -2.19. The highest BCUT2D eigenvalue weighted by Crippen LogP contribution is 2.27. The highest BCUT2D eigenvalue weighted by Gasteiger charge is 2.33. The molecule has 0 spiro atoms. The highest BCUT2D eigenvalue weighted by molar-refractivity contribution is 7.13. The lowest BCUT2D eigenvalue weighted by Crippen LogP contribution is -2.41. The maximum absolute atomic E-state index is 12.8. The number of halogens is 2. The molecule has 0 aliphatic carbocycles. The fourth-order valence-corrected chi connectivity index (χ4v) is 2.97. The van der Waals surface area contributed by atoms with Crippen LogP contribution in [0.15, 0.2) is 41.5 Å². The lowest BCUT2D eigenvalue weighted by Gasteiger charge is -2.22. The van der Waals surface area contributed by atoms with Gasteiger partial charge in [-0.25, -0.2) is 13.8 Å². The van der Waals surface area contributed by atoms with Crippen molar-refractivity contribution in [3.63, 3.8) is 0 Å². The Kier molecular flexibility index (Phi) is 3.95. The van der Waals surface area contributed by atoms with E-state index in [9.17, 15) is 18.7 Å². The highest BCUT2D eigenvalue weighted by atomic mass is 32.1. The molecule has 120 valence electrons. The SMILES string of the molecule is CC(O)(Cn1cnc2c(-c3ccccc3)nsc2c1=O)C(F)F. The molecule has 0 bridgehead atoms. The quantitative estimate of drug-likeness (QED) is 0.794. The summed E-state index contributed by atoms with van der Waals surface area (Å²) in [7, 11) is 0. The Morgan fingerprint density at radius 2 is 2.04 bits per heavy atom. The fraction of sp³-hybridized carbons (Fsp3) is 0.267. The summed E-state index contributed by atoms with van der Waals surface area (Å²) in [5.74, 6) is 0. The maximum atomic E-state index is 12.8. The minimum absolute atomic E-state index is 0.274. The van der Waals surface area contributed by atoms with E-state index in [1.165, 1.54) is 6.33 Å². The fourth-order valence-electron chi connectivity index (χ4n) is 2.17. The molecule has 0 saturated carbocycles. The van der Waals surface area contributed by atoms with E-state index in [0.29, 0.717) is 11.2 Å². The second-order valence-electron chi connectivity index (χ2n) is 5.41. The first-order chi connectivity index (χ1) is 10.9. The summed E-state index contributed by atoms with van der Waals surface area (Å²) in [5.41, 5.74) is -0.959. The Balaban J connectivity index is 2.07. The third-order valence-electron chi connectivity index (χ3n) is 3.46. The molecule has 0 aliphatic heterocycles. The van der Waals surface area contributed by atoms with Crippen LogP contribution in [0.25, 0.3) is 21.5 Å². The van der Waals surface area contributed by atoms with Gasteiger partial charge in [0.05, 0.1) is 12.9 Å². The molecule has 3 aromatic rings. The van der Waals surface area contributed by atoms with Crippen LogP contribution in [-0.2, 0) is 6.54 Å². The second-order valence-corrected chi connectivity index (χ2v) is 6.18. The number of aromatic nitrogens is 3. The van der Waals surface area contributed by atoms with Crippen molar-refractivity contribution in [2.75, 3.05) is 0 Å². The van der Waals surface area contributed by atoms with E-state index in [4.69, 9.17) is 0 Å². The maximum Gasteiger partial charge on any atom is 0.273 e. The van der Waals surface area contributed by atoms with Crippen LogP contribution < -0.4 is 5.56 Å². The molecule has 0 fully saturated rings. The molecule has 0 amide bonds. The smallest absolute Gasteiger partial charge is 0.273 e. The Bertz CT molecular complexity index is 891. The van der Waals surface area contributed by atoms with Crippen LogP contribution in [0.5, 0.6) is 0 Å². The third-order valence-corrected chi connectivity index (χ3v) is 4.28. The van der Waals surface area contributed by atoms with E-state index in [-0.39, 0.29) is 4.70 Å². The van der Waals surface area contributed by atoms with Gasteiger partial charge in [-0.3, -0.25) is 9.36 Å². The predicted molar refractivity (Wildman–Crippen MR) is 83.7 cm³/mol. The van der Waals surface area contributed by atoms with Gasteiger partial charge >= 0.3 is 0 Å². The standard InChI is InChI=1S/C15H13F2N3O2S/c1-15(22,14(16)17)7-20-8-18-11-10(9-5-3-2-4-6-9)19-23-12(11)13(20)21/h2-6,8,14,22H,7H2,1H3. The third kappa shape index (κ3) is 2.87. The van der Waals surface area contributed by atoms with Crippen LogP contribution in [0.2, 0.25) is 0 Å². The Morgan fingerprint density at radius 3 is 2.70 bits per heavy atom. The van der Waals surface area contributed by atoms with E-state index in [1.807, 2.05) is 30.3 Å². The van der Waals surface area contributed by atoms with Crippen molar-refractivity contribution >= 4 is 21.7 Å². The summed E-state index contributed by atoms with van der Waals surface area (Å²) in [4.78, 5) is 16.6. The summed E-state index contributed by atoms with van der Waals surface area (Å²) in [6.45, 7) is 0.446. The monoisotopic (exact) mass is 337 g/mol. The molecule has 2 aromatic heterocycles. The lowest BCUT2D eigenvalue weighted by atomic mass is 10.1. The molecule has 1 N–H and O–H groups in total. The van der Waals surface area contributed by atoms with Crippen molar-refractivity contribution in [2.45, 2.75) is 25.5 Å². The van der Waals surface area contributed by atoms with Crippen LogP contribution in [0.1, 0.15) is 6.92 Å². The molecule has 0 saturated heterocycles. The molecule has 0 radical (unpaired) electrons. The largest absolute Gasteiger partial charge is 0.382 e. The van der Waals surface area contributed by atoms with E-state index in [0.717, 1.165) is 28.6 Å². The molecule has 1 unspecified atom stereocenters. The first kappa shape index (κ1) is 15.7. The van der Waals surface area contributed by atoms with E-state index in [2.05, 4.69) is 9.36 Å². The van der Waals surface area contributed by atoms with Crippen LogP contribution in [0, 0.1) is 0 Å². The Morgan fingerprint density at radius 1 is 1.35 bits per heavy atom. The second kappa shape index (κ2) is 5.78. The summed E-state index contributed by atoms with van der Waals surface area (Å²) in [5, 5.41) is 9.68. The number of nitrogens with zero attached hydrogens (tertiary/aromatic N) is 3. The molecule has 8 heteroatoms. The lowest BCUT2D eigenvalue weighted by molar-refractivity contribution is -0.0932. The van der Waals surface area contributed by atoms with Gasteiger partial charge in [-0.1, -0.05) is 30.3 Å². The molecule has 23 heavy (non-hydrogen) atoms. The number of hydrogen-bond acceptors (Lipinski definition) is 5. The average Bonchev–Trinajstić information content (AvgIpc) is 2.95. The number of benzene rings is 1.